The van der Waals surface area contributed by atoms with Gasteiger partial charge in [-0.05, 0) is 5.92 Å². The fraction of sp³-hybridized carbons (Fsp3) is 0.750. The van der Waals surface area contributed by atoms with Gasteiger partial charge in [-0.25, -0.2) is 4.79 Å². The van der Waals surface area contributed by atoms with E-state index in [0.29, 0.717) is 11.8 Å². The van der Waals surface area contributed by atoms with E-state index in [1.807, 2.05) is 13.8 Å². The maximum Gasteiger partial charge on any atom is 0.325 e. The second-order valence-electron chi connectivity index (χ2n) is 3.53. The van der Waals surface area contributed by atoms with E-state index in [2.05, 4.69) is 0 Å². The van der Waals surface area contributed by atoms with Crippen LogP contribution >= 0.6 is 0 Å². The van der Waals surface area contributed by atoms with E-state index in [1.54, 1.807) is 19.0 Å². The molecule has 2 amide bonds. The average molecular weight is 169 g/mol. The third-order valence-corrected chi connectivity index (χ3v) is 2.28. The summed E-state index contributed by atoms with van der Waals surface area (Å²) < 4.78 is 0. The SMILES string of the molecule is CC(C)C1C(=N)N(C)C(=O)N1C. The molecule has 0 aromatic heterocycles. The van der Waals surface area contributed by atoms with Crippen LogP contribution in [0.5, 0.6) is 0 Å². The van der Waals surface area contributed by atoms with E-state index in [0.717, 1.165) is 0 Å². The standard InChI is InChI=1S/C8H15N3O/c1-5(2)6-7(9)11(4)8(12)10(6)3/h5-6,9H,1-4H3. The second-order valence-corrected chi connectivity index (χ2v) is 3.53. The molecule has 1 fully saturated rings. The largest absolute Gasteiger partial charge is 0.325 e. The zero-order chi connectivity index (χ0) is 9.46. The molecule has 4 heteroatoms. The lowest BCUT2D eigenvalue weighted by molar-refractivity contribution is 0.196. The highest BCUT2D eigenvalue weighted by atomic mass is 16.2. The minimum atomic E-state index is -0.0845. The number of carbonyl (C=O) groups is 1. The van der Waals surface area contributed by atoms with Crippen LogP contribution in [0.2, 0.25) is 0 Å². The zero-order valence-corrected chi connectivity index (χ0v) is 7.96. The van der Waals surface area contributed by atoms with E-state index in [1.165, 1.54) is 4.90 Å². The predicted molar refractivity (Wildman–Crippen MR) is 47.3 cm³/mol. The Morgan fingerprint density at radius 2 is 1.92 bits per heavy atom. The number of carbonyl (C=O) groups excluding carboxylic acids is 1. The Balaban J connectivity index is 2.91. The Labute approximate surface area is 72.7 Å². The molecule has 4 nitrogen and oxygen atoms in total. The summed E-state index contributed by atoms with van der Waals surface area (Å²) in [5, 5.41) is 7.67. The van der Waals surface area contributed by atoms with Crippen LogP contribution in [0.3, 0.4) is 0 Å². The van der Waals surface area contributed by atoms with E-state index in [4.69, 9.17) is 5.41 Å². The quantitative estimate of drug-likeness (QED) is 0.625. The highest BCUT2D eigenvalue weighted by Crippen LogP contribution is 2.20. The van der Waals surface area contributed by atoms with Crippen molar-refractivity contribution in [2.45, 2.75) is 19.9 Å². The Morgan fingerprint density at radius 3 is 2.08 bits per heavy atom. The number of nitrogens with one attached hydrogen (secondary N) is 1. The minimum Gasteiger partial charge on any atom is -0.317 e. The van der Waals surface area contributed by atoms with Crippen LogP contribution < -0.4 is 0 Å². The van der Waals surface area contributed by atoms with Gasteiger partial charge in [0.2, 0.25) is 0 Å². The van der Waals surface area contributed by atoms with Crippen molar-refractivity contribution in [2.75, 3.05) is 14.1 Å². The van der Waals surface area contributed by atoms with E-state index < -0.39 is 0 Å². The van der Waals surface area contributed by atoms with Crippen molar-refractivity contribution in [1.29, 1.82) is 5.41 Å². The van der Waals surface area contributed by atoms with Gasteiger partial charge in [0.05, 0.1) is 6.04 Å². The first kappa shape index (κ1) is 9.03. The first-order valence-electron chi connectivity index (χ1n) is 4.05. The first-order chi connectivity index (χ1) is 5.46. The third kappa shape index (κ3) is 1.07. The lowest BCUT2D eigenvalue weighted by atomic mass is 10.0. The number of amides is 2. The molecule has 68 valence electrons. The van der Waals surface area contributed by atoms with E-state index >= 15 is 0 Å². The van der Waals surface area contributed by atoms with Crippen molar-refractivity contribution in [1.82, 2.24) is 9.80 Å². The van der Waals surface area contributed by atoms with Gasteiger partial charge in [-0.15, -0.1) is 0 Å². The summed E-state index contributed by atoms with van der Waals surface area (Å²) in [6.07, 6.45) is 0. The molecule has 0 aliphatic carbocycles. The maximum absolute atomic E-state index is 11.3. The summed E-state index contributed by atoms with van der Waals surface area (Å²) in [6, 6.07) is -0.138. The molecular formula is C8H15N3O. The average Bonchev–Trinajstić information content (AvgIpc) is 2.16. The van der Waals surface area contributed by atoms with Gasteiger partial charge >= 0.3 is 6.03 Å². The zero-order valence-electron chi connectivity index (χ0n) is 7.96. The molecule has 0 bridgehead atoms. The van der Waals surface area contributed by atoms with Gasteiger partial charge in [0.15, 0.2) is 0 Å². The number of rotatable bonds is 1. The fourth-order valence-corrected chi connectivity index (χ4v) is 1.60. The summed E-state index contributed by atoms with van der Waals surface area (Å²) in [5.74, 6) is 0.703. The number of nitrogens with zero attached hydrogens (tertiary/aromatic N) is 2. The summed E-state index contributed by atoms with van der Waals surface area (Å²) in [4.78, 5) is 14.4. The number of likely N-dealkylation sites (N-methyl/N-ethyl adjacent to an activating group) is 2. The molecule has 1 rings (SSSR count). The van der Waals surface area contributed by atoms with Crippen LogP contribution in [0.25, 0.3) is 0 Å². The van der Waals surface area contributed by atoms with Crippen molar-refractivity contribution in [3.63, 3.8) is 0 Å². The van der Waals surface area contributed by atoms with Gasteiger partial charge in [-0.1, -0.05) is 13.8 Å². The molecule has 0 aromatic carbocycles. The van der Waals surface area contributed by atoms with Crippen LogP contribution in [0, 0.1) is 11.3 Å². The van der Waals surface area contributed by atoms with Crippen molar-refractivity contribution >= 4 is 11.9 Å². The number of urea groups is 1. The van der Waals surface area contributed by atoms with Crippen LogP contribution in [-0.4, -0.2) is 41.8 Å². The molecule has 1 aliphatic rings. The van der Waals surface area contributed by atoms with Crippen molar-refractivity contribution in [2.24, 2.45) is 5.92 Å². The molecule has 1 saturated heterocycles. The molecule has 1 aliphatic heterocycles. The Hall–Kier alpha value is -1.06. The van der Waals surface area contributed by atoms with Crippen molar-refractivity contribution < 1.29 is 4.79 Å². The molecule has 1 unspecified atom stereocenters. The molecule has 1 heterocycles. The number of amidine groups is 1. The number of hydrogen-bond donors (Lipinski definition) is 1. The van der Waals surface area contributed by atoms with Gasteiger partial charge in [-0.2, -0.15) is 0 Å². The smallest absolute Gasteiger partial charge is 0.317 e. The monoisotopic (exact) mass is 169 g/mol. The van der Waals surface area contributed by atoms with E-state index in [9.17, 15) is 4.79 Å². The molecule has 0 spiro atoms. The van der Waals surface area contributed by atoms with Crippen LogP contribution in [0.1, 0.15) is 13.8 Å². The Morgan fingerprint density at radius 1 is 1.42 bits per heavy atom. The van der Waals surface area contributed by atoms with Gasteiger partial charge < -0.3 is 4.90 Å². The Bertz CT molecular complexity index is 224. The topological polar surface area (TPSA) is 47.4 Å². The summed E-state index contributed by atoms with van der Waals surface area (Å²) in [7, 11) is 3.38. The number of hydrogen-bond acceptors (Lipinski definition) is 2. The maximum atomic E-state index is 11.3. The minimum absolute atomic E-state index is 0.0532. The fourth-order valence-electron chi connectivity index (χ4n) is 1.60. The third-order valence-electron chi connectivity index (χ3n) is 2.28. The Kier molecular flexibility index (Phi) is 2.08. The molecule has 1 N–H and O–H groups in total. The van der Waals surface area contributed by atoms with Gasteiger partial charge in [0.25, 0.3) is 0 Å². The molecule has 0 saturated carbocycles. The summed E-state index contributed by atoms with van der Waals surface area (Å²) >= 11 is 0. The second kappa shape index (κ2) is 2.77. The lowest BCUT2D eigenvalue weighted by Gasteiger charge is -2.20. The van der Waals surface area contributed by atoms with Crippen molar-refractivity contribution in [3.05, 3.63) is 0 Å². The lowest BCUT2D eigenvalue weighted by Crippen LogP contribution is -2.35. The summed E-state index contributed by atoms with van der Waals surface area (Å²) in [5.41, 5.74) is 0. The molecule has 12 heavy (non-hydrogen) atoms. The van der Waals surface area contributed by atoms with Crippen molar-refractivity contribution in [3.8, 4) is 0 Å². The predicted octanol–water partition coefficient (Wildman–Crippen LogP) is 0.985. The van der Waals surface area contributed by atoms with Crippen LogP contribution in [0.4, 0.5) is 4.79 Å². The van der Waals surface area contributed by atoms with Crippen LogP contribution in [-0.2, 0) is 0 Å². The van der Waals surface area contributed by atoms with Gasteiger partial charge in [0, 0.05) is 14.1 Å². The molecule has 0 aromatic rings. The first-order valence-corrected chi connectivity index (χ1v) is 4.05. The van der Waals surface area contributed by atoms with Crippen LogP contribution in [0.15, 0.2) is 0 Å². The van der Waals surface area contributed by atoms with Gasteiger partial charge in [-0.3, -0.25) is 10.3 Å². The molecular weight excluding hydrogens is 154 g/mol. The molecule has 0 radical (unpaired) electrons. The summed E-state index contributed by atoms with van der Waals surface area (Å²) in [6.45, 7) is 4.03. The normalized spacial score (nSPS) is 24.6. The highest BCUT2D eigenvalue weighted by Gasteiger charge is 2.39. The molecule has 1 atom stereocenters. The highest BCUT2D eigenvalue weighted by molar-refractivity contribution is 6.05. The van der Waals surface area contributed by atoms with Gasteiger partial charge in [0.1, 0.15) is 5.84 Å². The van der Waals surface area contributed by atoms with E-state index in [-0.39, 0.29) is 12.1 Å².